The summed E-state index contributed by atoms with van der Waals surface area (Å²) in [4.78, 5) is 49.3. The first-order chi connectivity index (χ1) is 14.0. The van der Waals surface area contributed by atoms with E-state index in [0.717, 1.165) is 6.07 Å². The van der Waals surface area contributed by atoms with Crippen LogP contribution in [0.1, 0.15) is 17.3 Å². The van der Waals surface area contributed by atoms with Gasteiger partial charge in [-0.1, -0.05) is 0 Å². The molecule has 0 bridgehead atoms. The van der Waals surface area contributed by atoms with Gasteiger partial charge in [-0.3, -0.25) is 14.3 Å². The lowest BCUT2D eigenvalue weighted by molar-refractivity contribution is 0.0694. The van der Waals surface area contributed by atoms with E-state index in [2.05, 4.69) is 4.98 Å². The van der Waals surface area contributed by atoms with E-state index in [1.807, 2.05) is 0 Å². The largest absolute Gasteiger partial charge is 0.477 e. The molecule has 0 spiro atoms. The molecule has 1 atom stereocenters. The number of carboxylic acids is 1. The van der Waals surface area contributed by atoms with Crippen molar-refractivity contribution in [3.05, 3.63) is 33.9 Å². The molecule has 2 aromatic heterocycles. The number of carboxylic acid groups (broad SMARTS) is 1. The predicted octanol–water partition coefficient (Wildman–Crippen LogP) is -0.128. The number of β-amino-alcohol motifs (C(OH)–C–C–N with tert-alkyl or cyclic N) is 1. The number of halogens is 1. The molecule has 1 fully saturated rings. The third-order valence-electron chi connectivity index (χ3n) is 5.04. The molecular weight excluding hydrogens is 422 g/mol. The summed E-state index contributed by atoms with van der Waals surface area (Å²) in [6.07, 6.45) is 1.18. The van der Waals surface area contributed by atoms with Gasteiger partial charge in [-0.25, -0.2) is 14.2 Å². The summed E-state index contributed by atoms with van der Waals surface area (Å²) in [6.45, 7) is 3.05. The molecule has 164 valence electrons. The fourth-order valence-electron chi connectivity index (χ4n) is 3.37. The molecule has 4 N–H and O–H groups in total. The number of rotatable bonds is 6. The van der Waals surface area contributed by atoms with E-state index in [1.165, 1.54) is 10.8 Å². The molecule has 13 heteroatoms. The van der Waals surface area contributed by atoms with Crippen molar-refractivity contribution in [3.63, 3.8) is 0 Å². The van der Waals surface area contributed by atoms with Crippen molar-refractivity contribution in [1.29, 1.82) is 0 Å². The van der Waals surface area contributed by atoms with Gasteiger partial charge in [-0.15, -0.1) is 0 Å². The number of fused-ring (bicyclic) bond motifs is 1. The molecular formula is C17H22FN4O7P. The average molecular weight is 444 g/mol. The van der Waals surface area contributed by atoms with Gasteiger partial charge in [-0.2, -0.15) is 0 Å². The Morgan fingerprint density at radius 2 is 1.93 bits per heavy atom. The Balaban J connectivity index is 1.88. The second kappa shape index (κ2) is 8.40. The van der Waals surface area contributed by atoms with Crippen molar-refractivity contribution >= 4 is 30.4 Å². The maximum absolute atomic E-state index is 14.8. The van der Waals surface area contributed by atoms with Crippen LogP contribution in [-0.4, -0.2) is 79.0 Å². The van der Waals surface area contributed by atoms with E-state index in [9.17, 15) is 28.8 Å². The van der Waals surface area contributed by atoms with Crippen molar-refractivity contribution in [2.45, 2.75) is 19.3 Å². The fourth-order valence-corrected chi connectivity index (χ4v) is 3.81. The first-order valence-corrected chi connectivity index (χ1v) is 10.9. The Bertz CT molecular complexity index is 1080. The van der Waals surface area contributed by atoms with Crippen molar-refractivity contribution in [2.24, 2.45) is 0 Å². The first kappa shape index (κ1) is 22.3. The molecule has 11 nitrogen and oxygen atoms in total. The van der Waals surface area contributed by atoms with Crippen LogP contribution in [0.4, 0.5) is 10.2 Å². The Labute approximate surface area is 170 Å². The quantitative estimate of drug-likeness (QED) is 0.443. The van der Waals surface area contributed by atoms with Crippen molar-refractivity contribution in [2.75, 3.05) is 37.6 Å². The van der Waals surface area contributed by atoms with Gasteiger partial charge < -0.3 is 29.5 Å². The van der Waals surface area contributed by atoms with E-state index in [0.29, 0.717) is 19.6 Å². The zero-order chi connectivity index (χ0) is 22.2. The summed E-state index contributed by atoms with van der Waals surface area (Å²) in [7, 11) is -4.60. The fraction of sp³-hybridized carbons (Fsp3) is 0.471. The molecule has 3 rings (SSSR count). The highest BCUT2D eigenvalue weighted by Gasteiger charge is 2.30. The van der Waals surface area contributed by atoms with E-state index < -0.39 is 36.2 Å². The second-order valence-corrected chi connectivity index (χ2v) is 8.76. The van der Waals surface area contributed by atoms with E-state index in [1.54, 1.807) is 16.7 Å². The Hall–Kier alpha value is -2.37. The molecule has 1 aliphatic heterocycles. The first-order valence-electron chi connectivity index (χ1n) is 9.20. The van der Waals surface area contributed by atoms with Crippen LogP contribution in [0.25, 0.3) is 11.0 Å². The number of carbonyl (C=O) groups is 1. The SMILES string of the molecule is CCn1cc(C(=O)O)c(=O)c2cc(F)c(N3CCN(CC(O)P(=O)(O)O)CC3)nc21. The summed E-state index contributed by atoms with van der Waals surface area (Å²) in [5.41, 5.74) is -1.10. The average Bonchev–Trinajstić information content (AvgIpc) is 2.68. The van der Waals surface area contributed by atoms with Crippen molar-refractivity contribution in [1.82, 2.24) is 14.5 Å². The van der Waals surface area contributed by atoms with E-state index >= 15 is 0 Å². The topological polar surface area (TPSA) is 156 Å². The van der Waals surface area contributed by atoms with Crippen molar-refractivity contribution < 1.29 is 33.7 Å². The van der Waals surface area contributed by atoms with Gasteiger partial charge in [0.15, 0.2) is 17.5 Å². The number of piperazine rings is 1. The number of aromatic carboxylic acids is 1. The number of aryl methyl sites for hydroxylation is 1. The Morgan fingerprint density at radius 3 is 2.47 bits per heavy atom. The normalized spacial score (nSPS) is 16.8. The van der Waals surface area contributed by atoms with Crippen LogP contribution < -0.4 is 10.3 Å². The maximum Gasteiger partial charge on any atom is 0.355 e. The van der Waals surface area contributed by atoms with Gasteiger partial charge in [0.1, 0.15) is 11.2 Å². The molecule has 2 aromatic rings. The molecule has 0 saturated carbocycles. The summed E-state index contributed by atoms with van der Waals surface area (Å²) in [6, 6.07) is 0.989. The van der Waals surface area contributed by atoms with Crippen LogP contribution in [0.5, 0.6) is 0 Å². The Kier molecular flexibility index (Phi) is 6.25. The standard InChI is InChI=1S/C17H22FN4O7P/c1-2-21-8-11(17(25)26)14(24)10-7-12(18)16(19-15(10)21)22-5-3-20(4-6-22)9-13(23)30(27,28)29/h7-8,13,23H,2-6,9H2,1H3,(H,25,26)(H2,27,28,29). The van der Waals surface area contributed by atoms with Gasteiger partial charge >= 0.3 is 13.6 Å². The number of anilines is 1. The van der Waals surface area contributed by atoms with Crippen LogP contribution >= 0.6 is 7.60 Å². The zero-order valence-electron chi connectivity index (χ0n) is 16.1. The number of pyridine rings is 2. The smallest absolute Gasteiger partial charge is 0.355 e. The van der Waals surface area contributed by atoms with Crippen LogP contribution in [-0.2, 0) is 11.1 Å². The van der Waals surface area contributed by atoms with E-state index in [-0.39, 0.29) is 36.5 Å². The molecule has 0 aromatic carbocycles. The third kappa shape index (κ3) is 4.37. The van der Waals surface area contributed by atoms with Crippen LogP contribution in [0, 0.1) is 5.82 Å². The maximum atomic E-state index is 14.8. The molecule has 1 aliphatic rings. The monoisotopic (exact) mass is 444 g/mol. The predicted molar refractivity (Wildman–Crippen MR) is 105 cm³/mol. The minimum Gasteiger partial charge on any atom is -0.477 e. The van der Waals surface area contributed by atoms with Crippen LogP contribution in [0.15, 0.2) is 17.1 Å². The van der Waals surface area contributed by atoms with Gasteiger partial charge in [0.05, 0.1) is 5.39 Å². The molecule has 0 radical (unpaired) electrons. The number of hydrogen-bond donors (Lipinski definition) is 4. The van der Waals surface area contributed by atoms with Gasteiger partial charge in [0, 0.05) is 45.5 Å². The summed E-state index contributed by atoms with van der Waals surface area (Å²) in [5, 5.41) is 18.6. The molecule has 1 saturated heterocycles. The van der Waals surface area contributed by atoms with Gasteiger partial charge in [0.2, 0.25) is 5.43 Å². The highest BCUT2D eigenvalue weighted by Crippen LogP contribution is 2.39. The summed E-state index contributed by atoms with van der Waals surface area (Å²) >= 11 is 0. The number of aliphatic hydroxyl groups is 1. The summed E-state index contributed by atoms with van der Waals surface area (Å²) < 4.78 is 27.3. The lowest BCUT2D eigenvalue weighted by Crippen LogP contribution is -2.49. The summed E-state index contributed by atoms with van der Waals surface area (Å²) in [5.74, 6) is -3.96. The highest BCUT2D eigenvalue weighted by molar-refractivity contribution is 7.52. The number of hydrogen-bond acceptors (Lipinski definition) is 7. The zero-order valence-corrected chi connectivity index (χ0v) is 17.0. The lowest BCUT2D eigenvalue weighted by atomic mass is 10.2. The minimum atomic E-state index is -4.60. The highest BCUT2D eigenvalue weighted by atomic mass is 31.2. The minimum absolute atomic E-state index is 0.00219. The van der Waals surface area contributed by atoms with Crippen LogP contribution in [0.3, 0.4) is 0 Å². The Morgan fingerprint density at radius 1 is 1.30 bits per heavy atom. The lowest BCUT2D eigenvalue weighted by Gasteiger charge is -2.36. The van der Waals surface area contributed by atoms with Gasteiger partial charge in [0.25, 0.3) is 0 Å². The van der Waals surface area contributed by atoms with E-state index in [4.69, 9.17) is 9.79 Å². The number of aliphatic hydroxyl groups excluding tert-OH is 1. The third-order valence-corrected chi connectivity index (χ3v) is 5.98. The van der Waals surface area contributed by atoms with Crippen LogP contribution in [0.2, 0.25) is 0 Å². The second-order valence-electron chi connectivity index (χ2n) is 6.99. The number of nitrogens with zero attached hydrogens (tertiary/aromatic N) is 4. The molecule has 30 heavy (non-hydrogen) atoms. The molecule has 1 unspecified atom stereocenters. The molecule has 0 aliphatic carbocycles. The molecule has 3 heterocycles. The number of aromatic nitrogens is 2. The van der Waals surface area contributed by atoms with Crippen molar-refractivity contribution in [3.8, 4) is 0 Å². The molecule has 0 amide bonds. The van der Waals surface area contributed by atoms with Gasteiger partial charge in [-0.05, 0) is 13.0 Å².